The molecule has 9 nitrogen and oxygen atoms in total. The summed E-state index contributed by atoms with van der Waals surface area (Å²) in [6.45, 7) is 3.89. The van der Waals surface area contributed by atoms with Gasteiger partial charge < -0.3 is 15.3 Å². The van der Waals surface area contributed by atoms with Gasteiger partial charge in [0.15, 0.2) is 9.84 Å². The molecule has 2 atom stereocenters. The number of hydrogen-bond acceptors (Lipinski definition) is 8. The lowest BCUT2D eigenvalue weighted by Crippen LogP contribution is -2.35. The van der Waals surface area contributed by atoms with E-state index in [9.17, 15) is 31.5 Å². The molecule has 1 aliphatic rings. The van der Waals surface area contributed by atoms with E-state index >= 15 is 0 Å². The van der Waals surface area contributed by atoms with E-state index in [1.165, 1.54) is 25.3 Å². The number of nitrogens with zero attached hydrogens (tertiary/aromatic N) is 4. The molecule has 3 heterocycles. The number of rotatable bonds is 8. The van der Waals surface area contributed by atoms with Crippen molar-refractivity contribution in [3.05, 3.63) is 76.9 Å². The molecule has 2 aromatic heterocycles. The molecule has 0 spiro atoms. The van der Waals surface area contributed by atoms with Crippen LogP contribution in [0.2, 0.25) is 0 Å². The number of nitrogens with one attached hydrogen (secondary N) is 1. The Morgan fingerprint density at radius 3 is 2.41 bits per heavy atom. The Hall–Kier alpha value is -3.58. The Kier molecular flexibility index (Phi) is 8.21. The van der Waals surface area contributed by atoms with Gasteiger partial charge in [-0.1, -0.05) is 19.9 Å². The quantitative estimate of drug-likeness (QED) is 0.426. The average molecular weight is 564 g/mol. The summed E-state index contributed by atoms with van der Waals surface area (Å²) in [5.74, 6) is -0.320. The van der Waals surface area contributed by atoms with Crippen molar-refractivity contribution < 1.29 is 31.5 Å². The number of aliphatic hydroxyl groups excluding tert-OH is 1. The van der Waals surface area contributed by atoms with E-state index in [4.69, 9.17) is 0 Å². The van der Waals surface area contributed by atoms with Crippen LogP contribution < -0.4 is 10.2 Å². The summed E-state index contributed by atoms with van der Waals surface area (Å²) >= 11 is 0. The van der Waals surface area contributed by atoms with E-state index in [1.807, 2.05) is 13.0 Å². The predicted molar refractivity (Wildman–Crippen MR) is 137 cm³/mol. The van der Waals surface area contributed by atoms with Crippen molar-refractivity contribution in [3.63, 3.8) is 0 Å². The second kappa shape index (κ2) is 11.3. The molecule has 3 aromatic rings. The van der Waals surface area contributed by atoms with Gasteiger partial charge in [-0.25, -0.2) is 18.4 Å². The van der Waals surface area contributed by atoms with Crippen molar-refractivity contribution in [2.75, 3.05) is 23.8 Å². The van der Waals surface area contributed by atoms with Gasteiger partial charge >= 0.3 is 6.18 Å². The van der Waals surface area contributed by atoms with E-state index in [-0.39, 0.29) is 22.5 Å². The van der Waals surface area contributed by atoms with Crippen LogP contribution in [0.1, 0.15) is 65.0 Å². The van der Waals surface area contributed by atoms with Crippen LogP contribution in [0.25, 0.3) is 0 Å². The number of pyridine rings is 1. The SMILES string of the molecule is CCC1CN(c2ncc(C(F)(F)F)cn2)Cc2cc(C(=O)N[C@H](CO)c3ccc(S(=O)(=O)CC)cn3)ccc21. The van der Waals surface area contributed by atoms with E-state index in [0.717, 1.165) is 29.9 Å². The molecule has 2 N–H and O–H groups in total. The highest BCUT2D eigenvalue weighted by atomic mass is 32.2. The summed E-state index contributed by atoms with van der Waals surface area (Å²) in [4.78, 5) is 26.9. The Morgan fingerprint density at radius 2 is 1.85 bits per heavy atom. The van der Waals surface area contributed by atoms with Crippen LogP contribution in [0.5, 0.6) is 0 Å². The fourth-order valence-corrected chi connectivity index (χ4v) is 5.27. The maximum Gasteiger partial charge on any atom is 0.419 e. The smallest absolute Gasteiger partial charge is 0.394 e. The fourth-order valence-electron chi connectivity index (χ4n) is 4.45. The number of alkyl halides is 3. The zero-order chi connectivity index (χ0) is 28.4. The van der Waals surface area contributed by atoms with Crippen LogP contribution in [-0.4, -0.2) is 53.3 Å². The summed E-state index contributed by atoms with van der Waals surface area (Å²) in [7, 11) is -3.44. The van der Waals surface area contributed by atoms with Crippen LogP contribution in [0.15, 0.2) is 53.8 Å². The number of hydrogen-bond donors (Lipinski definition) is 2. The topological polar surface area (TPSA) is 125 Å². The lowest BCUT2D eigenvalue weighted by Gasteiger charge is -2.34. The summed E-state index contributed by atoms with van der Waals surface area (Å²) in [5, 5.41) is 12.6. The largest absolute Gasteiger partial charge is 0.419 e. The van der Waals surface area contributed by atoms with Gasteiger partial charge in [0.25, 0.3) is 5.91 Å². The second-order valence-electron chi connectivity index (χ2n) is 9.20. The van der Waals surface area contributed by atoms with Crippen molar-refractivity contribution in [1.82, 2.24) is 20.3 Å². The monoisotopic (exact) mass is 563 g/mol. The van der Waals surface area contributed by atoms with E-state index in [1.54, 1.807) is 17.0 Å². The third-order valence-corrected chi connectivity index (χ3v) is 8.45. The molecular formula is C26H28F3N5O4S. The van der Waals surface area contributed by atoms with Crippen LogP contribution in [0.4, 0.5) is 19.1 Å². The lowest BCUT2D eigenvalue weighted by atomic mass is 9.87. The van der Waals surface area contributed by atoms with Gasteiger partial charge in [0.05, 0.1) is 34.6 Å². The highest BCUT2D eigenvalue weighted by Gasteiger charge is 2.32. The van der Waals surface area contributed by atoms with Crippen LogP contribution in [0.3, 0.4) is 0 Å². The molecule has 1 amide bonds. The number of carbonyl (C=O) groups is 1. The number of aliphatic hydroxyl groups is 1. The minimum atomic E-state index is -4.53. The zero-order valence-corrected chi connectivity index (χ0v) is 22.1. The zero-order valence-electron chi connectivity index (χ0n) is 21.3. The molecule has 4 rings (SSSR count). The summed E-state index contributed by atoms with van der Waals surface area (Å²) in [5.41, 5.74) is 1.55. The molecule has 208 valence electrons. The maximum absolute atomic E-state index is 13.1. The Labute approximate surface area is 224 Å². The van der Waals surface area contributed by atoms with Gasteiger partial charge in [-0.2, -0.15) is 13.2 Å². The molecule has 0 aliphatic carbocycles. The first-order valence-electron chi connectivity index (χ1n) is 12.3. The molecule has 1 unspecified atom stereocenters. The van der Waals surface area contributed by atoms with Crippen LogP contribution in [-0.2, 0) is 22.6 Å². The van der Waals surface area contributed by atoms with Crippen LogP contribution in [0, 0.1) is 0 Å². The van der Waals surface area contributed by atoms with Gasteiger partial charge in [0.2, 0.25) is 5.95 Å². The predicted octanol–water partition coefficient (Wildman–Crippen LogP) is 3.66. The Balaban J connectivity index is 1.54. The van der Waals surface area contributed by atoms with E-state index < -0.39 is 40.1 Å². The molecular weight excluding hydrogens is 535 g/mol. The lowest BCUT2D eigenvalue weighted by molar-refractivity contribution is -0.138. The normalized spacial score (nSPS) is 16.5. The molecule has 0 saturated carbocycles. The molecule has 0 saturated heterocycles. The summed E-state index contributed by atoms with van der Waals surface area (Å²) in [6.07, 6.45) is -1.05. The first-order valence-corrected chi connectivity index (χ1v) is 14.0. The molecule has 0 bridgehead atoms. The number of fused-ring (bicyclic) bond motifs is 1. The molecule has 0 fully saturated rings. The van der Waals surface area contributed by atoms with Crippen LogP contribution >= 0.6 is 0 Å². The van der Waals surface area contributed by atoms with Crippen molar-refractivity contribution >= 4 is 21.7 Å². The highest BCUT2D eigenvalue weighted by Crippen LogP contribution is 2.34. The molecule has 13 heteroatoms. The minimum absolute atomic E-state index is 0.0542. The number of halogens is 3. The number of carbonyl (C=O) groups excluding carboxylic acids is 1. The van der Waals surface area contributed by atoms with Crippen molar-refractivity contribution in [2.45, 2.75) is 49.8 Å². The average Bonchev–Trinajstić information content (AvgIpc) is 2.94. The first-order chi connectivity index (χ1) is 18.5. The second-order valence-corrected chi connectivity index (χ2v) is 11.5. The standard InChI is InChI=1S/C26H28F3N5O4S/c1-3-16-13-34(25-31-10-19(11-32-25)26(27,28)29)14-18-9-17(5-7-21(16)18)24(36)33-23(15-35)22-8-6-20(12-30-22)39(37,38)4-2/h5-12,16,23,35H,3-4,13-15H2,1-2H3,(H,33,36)/t16?,23-/m1/s1. The molecule has 1 aliphatic heterocycles. The maximum atomic E-state index is 13.1. The third-order valence-electron chi connectivity index (χ3n) is 6.73. The number of amides is 1. The number of benzene rings is 1. The van der Waals surface area contributed by atoms with Gasteiger partial charge in [-0.05, 0) is 41.8 Å². The van der Waals surface area contributed by atoms with E-state index in [0.29, 0.717) is 24.3 Å². The minimum Gasteiger partial charge on any atom is -0.394 e. The van der Waals surface area contributed by atoms with Gasteiger partial charge in [-0.15, -0.1) is 0 Å². The van der Waals surface area contributed by atoms with Gasteiger partial charge in [0, 0.05) is 43.2 Å². The van der Waals surface area contributed by atoms with Gasteiger partial charge in [0.1, 0.15) is 0 Å². The van der Waals surface area contributed by atoms with Crippen molar-refractivity contribution in [2.24, 2.45) is 0 Å². The number of sulfone groups is 1. The fraction of sp³-hybridized carbons (Fsp3) is 0.385. The third kappa shape index (κ3) is 6.19. The molecule has 39 heavy (non-hydrogen) atoms. The van der Waals surface area contributed by atoms with Crippen molar-refractivity contribution in [3.8, 4) is 0 Å². The summed E-state index contributed by atoms with van der Waals surface area (Å²) < 4.78 is 62.8. The Morgan fingerprint density at radius 1 is 1.13 bits per heavy atom. The summed E-state index contributed by atoms with van der Waals surface area (Å²) in [6, 6.07) is 7.22. The molecule has 0 radical (unpaired) electrons. The van der Waals surface area contributed by atoms with Crippen molar-refractivity contribution in [1.29, 1.82) is 0 Å². The Bertz CT molecular complexity index is 1430. The van der Waals surface area contributed by atoms with E-state index in [2.05, 4.69) is 20.3 Å². The number of aromatic nitrogens is 3. The highest BCUT2D eigenvalue weighted by molar-refractivity contribution is 7.91. The first kappa shape index (κ1) is 28.4. The number of anilines is 1. The molecule has 1 aromatic carbocycles. The van der Waals surface area contributed by atoms with Gasteiger partial charge in [-0.3, -0.25) is 9.78 Å².